The predicted molar refractivity (Wildman–Crippen MR) is 93.4 cm³/mol. The second-order valence-electron chi connectivity index (χ2n) is 6.27. The summed E-state index contributed by atoms with van der Waals surface area (Å²) in [6.45, 7) is 7.15. The van der Waals surface area contributed by atoms with E-state index in [9.17, 15) is 9.59 Å². The monoisotopic (exact) mass is 310 g/mol. The second kappa shape index (κ2) is 6.65. The SMILES string of the molecule is Cc1ccc(NC(=O)C(C)(C)C(=O)Nc2cccc(C)c2)cc1. The third-order valence-corrected chi connectivity index (χ3v) is 3.72. The molecule has 2 N–H and O–H groups in total. The van der Waals surface area contributed by atoms with Crippen molar-refractivity contribution in [3.05, 3.63) is 59.7 Å². The number of amides is 2. The van der Waals surface area contributed by atoms with Crippen LogP contribution in [-0.4, -0.2) is 11.8 Å². The van der Waals surface area contributed by atoms with E-state index in [1.807, 2.05) is 56.3 Å². The normalized spacial score (nSPS) is 11.0. The number of hydrogen-bond acceptors (Lipinski definition) is 2. The zero-order chi connectivity index (χ0) is 17.0. The van der Waals surface area contributed by atoms with Gasteiger partial charge in [-0.2, -0.15) is 0 Å². The molecule has 0 saturated heterocycles. The van der Waals surface area contributed by atoms with Gasteiger partial charge in [-0.25, -0.2) is 0 Å². The Morgan fingerprint density at radius 1 is 0.783 bits per heavy atom. The van der Waals surface area contributed by atoms with Gasteiger partial charge in [0.2, 0.25) is 11.8 Å². The lowest BCUT2D eigenvalue weighted by Crippen LogP contribution is -2.41. The fraction of sp³-hybridized carbons (Fsp3) is 0.263. The summed E-state index contributed by atoms with van der Waals surface area (Å²) < 4.78 is 0. The molecule has 0 heterocycles. The van der Waals surface area contributed by atoms with Gasteiger partial charge in [0.1, 0.15) is 5.41 Å². The van der Waals surface area contributed by atoms with E-state index in [0.717, 1.165) is 11.1 Å². The van der Waals surface area contributed by atoms with Gasteiger partial charge in [-0.15, -0.1) is 0 Å². The standard InChI is InChI=1S/C19H22N2O2/c1-13-8-10-15(11-9-13)20-17(22)19(3,4)18(23)21-16-7-5-6-14(2)12-16/h5-12H,1-4H3,(H,20,22)(H,21,23). The fourth-order valence-electron chi connectivity index (χ4n) is 2.04. The molecule has 0 saturated carbocycles. The molecule has 4 nitrogen and oxygen atoms in total. The average Bonchev–Trinajstić information content (AvgIpc) is 2.49. The molecule has 0 aliphatic carbocycles. The molecule has 0 atom stereocenters. The van der Waals surface area contributed by atoms with Crippen molar-refractivity contribution in [3.8, 4) is 0 Å². The van der Waals surface area contributed by atoms with E-state index in [-0.39, 0.29) is 11.8 Å². The average molecular weight is 310 g/mol. The second-order valence-corrected chi connectivity index (χ2v) is 6.27. The first-order chi connectivity index (χ1) is 10.8. The molecular formula is C19H22N2O2. The lowest BCUT2D eigenvalue weighted by Gasteiger charge is -2.23. The summed E-state index contributed by atoms with van der Waals surface area (Å²) >= 11 is 0. The summed E-state index contributed by atoms with van der Waals surface area (Å²) in [5, 5.41) is 5.59. The van der Waals surface area contributed by atoms with Gasteiger partial charge >= 0.3 is 0 Å². The van der Waals surface area contributed by atoms with Gasteiger partial charge in [0, 0.05) is 11.4 Å². The first-order valence-corrected chi connectivity index (χ1v) is 7.55. The highest BCUT2D eigenvalue weighted by molar-refractivity contribution is 6.14. The summed E-state index contributed by atoms with van der Waals surface area (Å²) in [5.41, 5.74) is 2.33. The number of carbonyl (C=O) groups is 2. The molecule has 2 rings (SSSR count). The Balaban J connectivity index is 2.08. The van der Waals surface area contributed by atoms with E-state index < -0.39 is 5.41 Å². The molecule has 120 valence electrons. The summed E-state index contributed by atoms with van der Waals surface area (Å²) in [6, 6.07) is 15.0. The minimum Gasteiger partial charge on any atom is -0.325 e. The van der Waals surface area contributed by atoms with Crippen molar-refractivity contribution >= 4 is 23.2 Å². The van der Waals surface area contributed by atoms with Crippen LogP contribution in [0.1, 0.15) is 25.0 Å². The molecular weight excluding hydrogens is 288 g/mol. The molecule has 0 aliphatic heterocycles. The lowest BCUT2D eigenvalue weighted by atomic mass is 9.90. The minimum absolute atomic E-state index is 0.340. The van der Waals surface area contributed by atoms with Crippen molar-refractivity contribution in [2.75, 3.05) is 10.6 Å². The Hall–Kier alpha value is -2.62. The third kappa shape index (κ3) is 4.19. The Kier molecular flexibility index (Phi) is 4.84. The van der Waals surface area contributed by atoms with E-state index in [1.165, 1.54) is 0 Å². The molecule has 0 radical (unpaired) electrons. The maximum absolute atomic E-state index is 12.5. The summed E-state index contributed by atoms with van der Waals surface area (Å²) in [5.74, 6) is -0.681. The molecule has 0 bridgehead atoms. The number of anilines is 2. The Bertz CT molecular complexity index is 718. The largest absolute Gasteiger partial charge is 0.325 e. The summed E-state index contributed by atoms with van der Waals surface area (Å²) in [7, 11) is 0. The van der Waals surface area contributed by atoms with Gasteiger partial charge in [-0.1, -0.05) is 29.8 Å². The molecule has 2 amide bonds. The molecule has 2 aromatic rings. The number of benzene rings is 2. The highest BCUT2D eigenvalue weighted by Crippen LogP contribution is 2.22. The summed E-state index contributed by atoms with van der Waals surface area (Å²) in [6.07, 6.45) is 0. The summed E-state index contributed by atoms with van der Waals surface area (Å²) in [4.78, 5) is 24.9. The molecule has 0 aliphatic rings. The van der Waals surface area contributed by atoms with Crippen LogP contribution in [0.4, 0.5) is 11.4 Å². The van der Waals surface area contributed by atoms with Gasteiger partial charge in [0.15, 0.2) is 0 Å². The van der Waals surface area contributed by atoms with Crippen LogP contribution < -0.4 is 10.6 Å². The molecule has 0 spiro atoms. The highest BCUT2D eigenvalue weighted by atomic mass is 16.2. The molecule has 4 heteroatoms. The minimum atomic E-state index is -1.19. The van der Waals surface area contributed by atoms with Crippen molar-refractivity contribution in [1.29, 1.82) is 0 Å². The van der Waals surface area contributed by atoms with Gasteiger partial charge in [-0.3, -0.25) is 9.59 Å². The van der Waals surface area contributed by atoms with E-state index in [0.29, 0.717) is 11.4 Å². The smallest absolute Gasteiger partial charge is 0.239 e. The molecule has 0 fully saturated rings. The van der Waals surface area contributed by atoms with E-state index in [2.05, 4.69) is 10.6 Å². The van der Waals surface area contributed by atoms with Crippen LogP contribution in [0.15, 0.2) is 48.5 Å². The van der Waals surface area contributed by atoms with Crippen molar-refractivity contribution in [2.45, 2.75) is 27.7 Å². The zero-order valence-corrected chi connectivity index (χ0v) is 13.9. The van der Waals surface area contributed by atoms with Crippen LogP contribution in [0, 0.1) is 19.3 Å². The first kappa shape index (κ1) is 16.7. The first-order valence-electron chi connectivity index (χ1n) is 7.55. The third-order valence-electron chi connectivity index (χ3n) is 3.72. The van der Waals surface area contributed by atoms with E-state index in [1.54, 1.807) is 19.9 Å². The Labute approximate surface area is 136 Å². The maximum Gasteiger partial charge on any atom is 0.239 e. The number of hydrogen-bond donors (Lipinski definition) is 2. The molecule has 2 aromatic carbocycles. The van der Waals surface area contributed by atoms with Gasteiger partial charge in [-0.05, 0) is 57.5 Å². The van der Waals surface area contributed by atoms with Crippen LogP contribution in [0.25, 0.3) is 0 Å². The maximum atomic E-state index is 12.5. The lowest BCUT2D eigenvalue weighted by molar-refractivity contribution is -0.135. The highest BCUT2D eigenvalue weighted by Gasteiger charge is 2.36. The van der Waals surface area contributed by atoms with E-state index >= 15 is 0 Å². The topological polar surface area (TPSA) is 58.2 Å². The molecule has 0 aromatic heterocycles. The van der Waals surface area contributed by atoms with Crippen molar-refractivity contribution in [1.82, 2.24) is 0 Å². The van der Waals surface area contributed by atoms with Crippen molar-refractivity contribution in [2.24, 2.45) is 5.41 Å². The van der Waals surface area contributed by atoms with E-state index in [4.69, 9.17) is 0 Å². The molecule has 23 heavy (non-hydrogen) atoms. The van der Waals surface area contributed by atoms with Crippen molar-refractivity contribution < 1.29 is 9.59 Å². The predicted octanol–water partition coefficient (Wildman–Crippen LogP) is 3.91. The van der Waals surface area contributed by atoms with Crippen LogP contribution >= 0.6 is 0 Å². The number of aryl methyl sites for hydroxylation is 2. The van der Waals surface area contributed by atoms with Gasteiger partial charge in [0.25, 0.3) is 0 Å². The van der Waals surface area contributed by atoms with Crippen LogP contribution in [-0.2, 0) is 9.59 Å². The Morgan fingerprint density at radius 3 is 1.91 bits per heavy atom. The number of nitrogens with one attached hydrogen (secondary N) is 2. The van der Waals surface area contributed by atoms with Crippen LogP contribution in [0.5, 0.6) is 0 Å². The molecule has 0 unspecified atom stereocenters. The van der Waals surface area contributed by atoms with Crippen LogP contribution in [0.2, 0.25) is 0 Å². The zero-order valence-electron chi connectivity index (χ0n) is 13.9. The number of rotatable bonds is 4. The van der Waals surface area contributed by atoms with Gasteiger partial charge < -0.3 is 10.6 Å². The quantitative estimate of drug-likeness (QED) is 0.841. The Morgan fingerprint density at radius 2 is 1.35 bits per heavy atom. The van der Waals surface area contributed by atoms with Crippen molar-refractivity contribution in [3.63, 3.8) is 0 Å². The number of carbonyl (C=O) groups excluding carboxylic acids is 2. The van der Waals surface area contributed by atoms with Crippen LogP contribution in [0.3, 0.4) is 0 Å². The van der Waals surface area contributed by atoms with Gasteiger partial charge in [0.05, 0.1) is 0 Å². The fourth-order valence-corrected chi connectivity index (χ4v) is 2.04.